The number of likely N-dealkylation sites (N-methyl/N-ethyl adjacent to an activating group) is 1. The van der Waals surface area contributed by atoms with E-state index in [1.165, 1.54) is 109 Å². The molecule has 0 aliphatic rings. The third-order valence-corrected chi connectivity index (χ3v) is 9.95. The van der Waals surface area contributed by atoms with Crippen molar-refractivity contribution >= 4 is 7.82 Å². The van der Waals surface area contributed by atoms with E-state index in [-0.39, 0.29) is 13.2 Å². The number of hydrogen-bond donors (Lipinski definition) is 1. The maximum Gasteiger partial charge on any atom is 0.472 e. The Morgan fingerprint density at radius 2 is 0.942 bits per heavy atom. The average molecular weight is 755 g/mol. The zero-order chi connectivity index (χ0) is 38.3. The van der Waals surface area contributed by atoms with Gasteiger partial charge in [-0.2, -0.15) is 0 Å². The van der Waals surface area contributed by atoms with Gasteiger partial charge >= 0.3 is 7.82 Å². The highest BCUT2D eigenvalue weighted by Gasteiger charge is 2.25. The first-order valence-electron chi connectivity index (χ1n) is 21.4. The van der Waals surface area contributed by atoms with E-state index in [4.69, 9.17) is 18.5 Å². The van der Waals surface area contributed by atoms with Crippen LogP contribution in [-0.2, 0) is 23.1 Å². The molecule has 0 aromatic rings. The molecule has 0 rings (SSSR count). The van der Waals surface area contributed by atoms with Crippen LogP contribution in [0.15, 0.2) is 48.6 Å². The molecular formula is C44H85NO6P+. The molecule has 1 N–H and O–H groups in total. The topological polar surface area (TPSA) is 74.2 Å². The number of phosphoric ester groups is 1. The third kappa shape index (κ3) is 41.7. The van der Waals surface area contributed by atoms with E-state index in [0.717, 1.165) is 44.9 Å². The van der Waals surface area contributed by atoms with Crippen molar-refractivity contribution < 1.29 is 32.5 Å². The van der Waals surface area contributed by atoms with Crippen molar-refractivity contribution in [1.82, 2.24) is 0 Å². The van der Waals surface area contributed by atoms with Crippen LogP contribution < -0.4 is 0 Å². The van der Waals surface area contributed by atoms with Crippen molar-refractivity contribution in [3.05, 3.63) is 48.6 Å². The molecule has 2 atom stereocenters. The Labute approximate surface area is 322 Å². The van der Waals surface area contributed by atoms with Gasteiger partial charge in [0, 0.05) is 13.2 Å². The number of nitrogens with zero attached hydrogens (tertiary/aromatic N) is 1. The standard InChI is InChI=1S/C44H84NO6P/c1-6-8-10-12-14-16-18-20-22-23-24-25-27-29-31-33-35-37-40-49-44(43-51-52(46,47)50-41-38-45(3,4)5)42-48-39-36-34-32-30-28-26-21-19-17-15-13-11-9-7-2/h14,16,20,22,24-25,29,31,44H,6-13,15,17-19,21,23,26-28,30,32-43H2,1-5H3/p+1/b16-14-,22-20-,25-24-,31-29-/t44-/m0/s1. The fraction of sp³-hybridized carbons (Fsp3) is 0.818. The number of hydrogen-bond acceptors (Lipinski definition) is 5. The van der Waals surface area contributed by atoms with Gasteiger partial charge in [0.15, 0.2) is 0 Å². The summed E-state index contributed by atoms with van der Waals surface area (Å²) < 4.78 is 35.6. The molecule has 8 heteroatoms. The lowest BCUT2D eigenvalue weighted by molar-refractivity contribution is -0.870. The van der Waals surface area contributed by atoms with Crippen molar-refractivity contribution in [3.63, 3.8) is 0 Å². The summed E-state index contributed by atoms with van der Waals surface area (Å²) in [6.07, 6.45) is 47.1. The molecule has 0 aromatic heterocycles. The molecule has 0 amide bonds. The number of quaternary nitrogens is 1. The molecular weight excluding hydrogens is 669 g/mol. The van der Waals surface area contributed by atoms with Gasteiger partial charge in [-0.25, -0.2) is 4.57 Å². The van der Waals surface area contributed by atoms with E-state index in [1.54, 1.807) is 0 Å². The second-order valence-electron chi connectivity index (χ2n) is 15.4. The highest BCUT2D eigenvalue weighted by Crippen LogP contribution is 2.43. The predicted octanol–water partition coefficient (Wildman–Crippen LogP) is 12.9. The van der Waals surface area contributed by atoms with Crippen LogP contribution in [0, 0.1) is 0 Å². The van der Waals surface area contributed by atoms with Crippen molar-refractivity contribution in [2.24, 2.45) is 0 Å². The second-order valence-corrected chi connectivity index (χ2v) is 16.8. The quantitative estimate of drug-likeness (QED) is 0.0291. The summed E-state index contributed by atoms with van der Waals surface area (Å²) in [4.78, 5) is 10.2. The highest BCUT2D eigenvalue weighted by atomic mass is 31.2. The van der Waals surface area contributed by atoms with E-state index < -0.39 is 13.9 Å². The Balaban J connectivity index is 4.22. The average Bonchev–Trinajstić information content (AvgIpc) is 3.10. The van der Waals surface area contributed by atoms with Gasteiger partial charge in [-0.3, -0.25) is 9.05 Å². The minimum Gasteiger partial charge on any atom is -0.379 e. The molecule has 52 heavy (non-hydrogen) atoms. The van der Waals surface area contributed by atoms with Crippen molar-refractivity contribution in [3.8, 4) is 0 Å². The van der Waals surface area contributed by atoms with Crippen molar-refractivity contribution in [1.29, 1.82) is 0 Å². The largest absolute Gasteiger partial charge is 0.472 e. The molecule has 0 aromatic carbocycles. The monoisotopic (exact) mass is 755 g/mol. The molecule has 0 aliphatic carbocycles. The first-order chi connectivity index (χ1) is 25.2. The fourth-order valence-electron chi connectivity index (χ4n) is 5.58. The van der Waals surface area contributed by atoms with Crippen LogP contribution in [0.1, 0.15) is 168 Å². The summed E-state index contributed by atoms with van der Waals surface area (Å²) in [5, 5.41) is 0. The lowest BCUT2D eigenvalue weighted by Crippen LogP contribution is -2.37. The van der Waals surface area contributed by atoms with Gasteiger partial charge in [0.25, 0.3) is 0 Å². The van der Waals surface area contributed by atoms with E-state index in [1.807, 2.05) is 21.1 Å². The van der Waals surface area contributed by atoms with Crippen LogP contribution in [0.5, 0.6) is 0 Å². The molecule has 0 radical (unpaired) electrons. The Morgan fingerprint density at radius 1 is 0.519 bits per heavy atom. The summed E-state index contributed by atoms with van der Waals surface area (Å²) in [5.74, 6) is 0. The minimum absolute atomic E-state index is 0.0337. The Kier molecular flexibility index (Phi) is 37.5. The van der Waals surface area contributed by atoms with E-state index in [2.05, 4.69) is 62.5 Å². The minimum atomic E-state index is -4.15. The number of ether oxygens (including phenoxy) is 2. The molecule has 0 saturated heterocycles. The van der Waals surface area contributed by atoms with E-state index in [9.17, 15) is 9.46 Å². The SMILES string of the molecule is CCCCC/C=C\C/C=C\C/C=C\C/C=C\CCCCO[C@@H](COCCCCCCCCCCCCCCCC)COP(=O)(O)OCC[N+](C)(C)C. The summed E-state index contributed by atoms with van der Waals surface area (Å²) in [6, 6.07) is 0. The molecule has 0 aliphatic heterocycles. The lowest BCUT2D eigenvalue weighted by Gasteiger charge is -2.24. The van der Waals surface area contributed by atoms with Gasteiger partial charge in [-0.05, 0) is 57.8 Å². The van der Waals surface area contributed by atoms with Crippen LogP contribution >= 0.6 is 7.82 Å². The highest BCUT2D eigenvalue weighted by molar-refractivity contribution is 7.47. The van der Waals surface area contributed by atoms with Crippen molar-refractivity contribution in [2.75, 3.05) is 60.7 Å². The van der Waals surface area contributed by atoms with E-state index in [0.29, 0.717) is 30.8 Å². The number of allylic oxidation sites excluding steroid dienone is 8. The maximum atomic E-state index is 12.5. The zero-order valence-corrected chi connectivity index (χ0v) is 35.7. The molecule has 0 spiro atoms. The second kappa shape index (κ2) is 38.2. The maximum absolute atomic E-state index is 12.5. The van der Waals surface area contributed by atoms with Gasteiger partial charge in [0.2, 0.25) is 0 Å². The van der Waals surface area contributed by atoms with Gasteiger partial charge in [-0.15, -0.1) is 0 Å². The summed E-state index contributed by atoms with van der Waals surface area (Å²) in [6.45, 7) is 6.81. The van der Waals surface area contributed by atoms with Crippen LogP contribution in [0.2, 0.25) is 0 Å². The predicted molar refractivity (Wildman–Crippen MR) is 224 cm³/mol. The first-order valence-corrected chi connectivity index (χ1v) is 22.9. The van der Waals surface area contributed by atoms with Crippen molar-refractivity contribution in [2.45, 2.75) is 174 Å². The number of unbranched alkanes of at least 4 members (excludes halogenated alkanes) is 18. The zero-order valence-electron chi connectivity index (χ0n) is 34.8. The summed E-state index contributed by atoms with van der Waals surface area (Å²) >= 11 is 0. The Bertz CT molecular complexity index is 913. The normalized spacial score (nSPS) is 14.5. The lowest BCUT2D eigenvalue weighted by atomic mass is 10.0. The summed E-state index contributed by atoms with van der Waals surface area (Å²) in [7, 11) is 1.87. The molecule has 1 unspecified atom stereocenters. The molecule has 306 valence electrons. The van der Waals surface area contributed by atoms with Crippen LogP contribution in [0.4, 0.5) is 0 Å². The molecule has 0 heterocycles. The Morgan fingerprint density at radius 3 is 1.44 bits per heavy atom. The molecule has 0 bridgehead atoms. The smallest absolute Gasteiger partial charge is 0.379 e. The fourth-order valence-corrected chi connectivity index (χ4v) is 6.32. The molecule has 0 fully saturated rings. The number of rotatable bonds is 40. The molecule has 7 nitrogen and oxygen atoms in total. The number of phosphoric acid groups is 1. The van der Waals surface area contributed by atoms with Gasteiger partial charge in [-0.1, -0.05) is 159 Å². The van der Waals surface area contributed by atoms with Crippen LogP contribution in [0.25, 0.3) is 0 Å². The van der Waals surface area contributed by atoms with Crippen LogP contribution in [-0.4, -0.2) is 76.2 Å². The van der Waals surface area contributed by atoms with Crippen LogP contribution in [0.3, 0.4) is 0 Å². The Hall–Kier alpha value is -1.05. The van der Waals surface area contributed by atoms with E-state index >= 15 is 0 Å². The first kappa shape index (κ1) is 51.0. The molecule has 0 saturated carbocycles. The van der Waals surface area contributed by atoms with Gasteiger partial charge in [0.1, 0.15) is 19.3 Å². The summed E-state index contributed by atoms with van der Waals surface area (Å²) in [5.41, 5.74) is 0. The van der Waals surface area contributed by atoms with Gasteiger partial charge < -0.3 is 18.9 Å². The third-order valence-electron chi connectivity index (χ3n) is 8.96. The van der Waals surface area contributed by atoms with Gasteiger partial charge in [0.05, 0.1) is 34.4 Å².